The Hall–Kier alpha value is -4.38. The Balaban J connectivity index is 1.80. The third-order valence-corrected chi connectivity index (χ3v) is 5.02. The zero-order chi connectivity index (χ0) is 21.6. The number of pyridine rings is 1. The second kappa shape index (κ2) is 8.97. The number of nitrogens with one attached hydrogen (secondary N) is 1. The molecule has 0 saturated carbocycles. The van der Waals surface area contributed by atoms with E-state index >= 15 is 0 Å². The highest BCUT2D eigenvalue weighted by atomic mass is 16.5. The van der Waals surface area contributed by atoms with Crippen molar-refractivity contribution in [2.45, 2.75) is 13.0 Å². The van der Waals surface area contributed by atoms with Gasteiger partial charge in [0.1, 0.15) is 0 Å². The molecule has 0 fully saturated rings. The smallest absolute Gasteiger partial charge is 0.293 e. The molecule has 4 aromatic rings. The first kappa shape index (κ1) is 19.9. The second-order valence-corrected chi connectivity index (χ2v) is 6.84. The first-order chi connectivity index (χ1) is 15.2. The summed E-state index contributed by atoms with van der Waals surface area (Å²) < 4.78 is 6.80. The lowest BCUT2D eigenvalue weighted by molar-refractivity contribution is -0.128. The first-order valence-corrected chi connectivity index (χ1v) is 9.64. The zero-order valence-corrected chi connectivity index (χ0v) is 16.6. The van der Waals surface area contributed by atoms with Crippen LogP contribution in [0.4, 0.5) is 11.4 Å². The van der Waals surface area contributed by atoms with Crippen LogP contribution < -0.4 is 4.90 Å². The normalized spacial score (nSPS) is 10.5. The average molecular weight is 413 g/mol. The third kappa shape index (κ3) is 4.02. The SMILES string of the molecule is N#Cc1ccc2c(c1)c(N(C=O)c1cc[nH]c1CCOC=O)cn2Cc1ccccn1. The summed E-state index contributed by atoms with van der Waals surface area (Å²) in [5, 5.41) is 10.2. The van der Waals surface area contributed by atoms with Gasteiger partial charge in [0, 0.05) is 36.1 Å². The number of hydrogen-bond acceptors (Lipinski definition) is 5. The van der Waals surface area contributed by atoms with E-state index in [1.807, 2.05) is 35.0 Å². The van der Waals surface area contributed by atoms with E-state index in [0.29, 0.717) is 36.4 Å². The fourth-order valence-electron chi connectivity index (χ4n) is 3.61. The molecule has 3 heterocycles. The lowest BCUT2D eigenvalue weighted by Crippen LogP contribution is -2.15. The summed E-state index contributed by atoms with van der Waals surface area (Å²) in [4.78, 5) is 31.7. The predicted octanol–water partition coefficient (Wildman–Crippen LogP) is 3.29. The topological polar surface area (TPSA) is 104 Å². The molecular weight excluding hydrogens is 394 g/mol. The first-order valence-electron chi connectivity index (χ1n) is 9.64. The van der Waals surface area contributed by atoms with Crippen molar-refractivity contribution < 1.29 is 14.3 Å². The molecule has 1 amide bonds. The van der Waals surface area contributed by atoms with Gasteiger partial charge in [-0.1, -0.05) is 6.07 Å². The fourth-order valence-corrected chi connectivity index (χ4v) is 3.61. The van der Waals surface area contributed by atoms with Gasteiger partial charge in [-0.15, -0.1) is 0 Å². The van der Waals surface area contributed by atoms with E-state index in [1.54, 1.807) is 30.6 Å². The predicted molar refractivity (Wildman–Crippen MR) is 115 cm³/mol. The van der Waals surface area contributed by atoms with E-state index < -0.39 is 0 Å². The quantitative estimate of drug-likeness (QED) is 0.335. The molecule has 1 aromatic carbocycles. The average Bonchev–Trinajstić information content (AvgIpc) is 3.40. The lowest BCUT2D eigenvalue weighted by atomic mass is 10.1. The molecule has 0 bridgehead atoms. The molecule has 0 spiro atoms. The molecular formula is C23H19N5O3. The van der Waals surface area contributed by atoms with E-state index in [1.165, 1.54) is 4.90 Å². The number of aromatic amines is 1. The summed E-state index contributed by atoms with van der Waals surface area (Å²) in [5.74, 6) is 0. The van der Waals surface area contributed by atoms with Crippen LogP contribution in [0.3, 0.4) is 0 Å². The van der Waals surface area contributed by atoms with Gasteiger partial charge in [0.15, 0.2) is 0 Å². The van der Waals surface area contributed by atoms with Crippen LogP contribution in [0.2, 0.25) is 0 Å². The van der Waals surface area contributed by atoms with Gasteiger partial charge in [0.25, 0.3) is 6.47 Å². The Labute approximate surface area is 178 Å². The molecule has 8 nitrogen and oxygen atoms in total. The highest BCUT2D eigenvalue weighted by molar-refractivity contribution is 6.02. The minimum Gasteiger partial charge on any atom is -0.467 e. The van der Waals surface area contributed by atoms with Gasteiger partial charge < -0.3 is 14.3 Å². The van der Waals surface area contributed by atoms with Gasteiger partial charge in [-0.2, -0.15) is 5.26 Å². The number of ether oxygens (including phenoxy) is 1. The van der Waals surface area contributed by atoms with E-state index in [2.05, 4.69) is 16.0 Å². The minimum absolute atomic E-state index is 0.198. The Morgan fingerprint density at radius 1 is 1.19 bits per heavy atom. The molecule has 0 saturated heterocycles. The number of hydrogen-bond donors (Lipinski definition) is 1. The summed E-state index contributed by atoms with van der Waals surface area (Å²) in [6.45, 7) is 1.11. The lowest BCUT2D eigenvalue weighted by Gasteiger charge is -2.17. The number of rotatable bonds is 9. The zero-order valence-electron chi connectivity index (χ0n) is 16.6. The Morgan fingerprint density at radius 2 is 2.10 bits per heavy atom. The van der Waals surface area contributed by atoms with Crippen molar-refractivity contribution in [3.05, 3.63) is 78.0 Å². The van der Waals surface area contributed by atoms with Gasteiger partial charge in [0.2, 0.25) is 6.41 Å². The maximum absolute atomic E-state index is 12.2. The number of nitrogens with zero attached hydrogens (tertiary/aromatic N) is 4. The minimum atomic E-state index is 0.198. The second-order valence-electron chi connectivity index (χ2n) is 6.84. The van der Waals surface area contributed by atoms with Crippen molar-refractivity contribution in [2.75, 3.05) is 11.5 Å². The molecule has 0 unspecified atom stereocenters. The van der Waals surface area contributed by atoms with Crippen molar-refractivity contribution in [1.82, 2.24) is 14.5 Å². The fraction of sp³-hybridized carbons (Fsp3) is 0.130. The highest BCUT2D eigenvalue weighted by Crippen LogP contribution is 2.35. The summed E-state index contributed by atoms with van der Waals surface area (Å²) in [6, 6.07) is 15.1. The number of aromatic nitrogens is 3. The number of nitriles is 1. The molecule has 8 heteroatoms. The van der Waals surface area contributed by atoms with Crippen LogP contribution in [0.5, 0.6) is 0 Å². The molecule has 0 aliphatic rings. The van der Waals surface area contributed by atoms with Crippen LogP contribution in [0.15, 0.2) is 61.1 Å². The van der Waals surface area contributed by atoms with E-state index in [-0.39, 0.29) is 6.61 Å². The van der Waals surface area contributed by atoms with E-state index in [4.69, 9.17) is 4.74 Å². The van der Waals surface area contributed by atoms with Crippen molar-refractivity contribution in [2.24, 2.45) is 0 Å². The number of anilines is 2. The maximum atomic E-state index is 12.2. The van der Waals surface area contributed by atoms with Crippen LogP contribution in [0.25, 0.3) is 10.9 Å². The van der Waals surface area contributed by atoms with Crippen molar-refractivity contribution in [3.63, 3.8) is 0 Å². The van der Waals surface area contributed by atoms with E-state index in [0.717, 1.165) is 28.7 Å². The van der Waals surface area contributed by atoms with Crippen molar-refractivity contribution >= 4 is 35.2 Å². The van der Waals surface area contributed by atoms with Crippen LogP contribution in [-0.4, -0.2) is 34.0 Å². The van der Waals surface area contributed by atoms with Crippen molar-refractivity contribution in [3.8, 4) is 6.07 Å². The number of amides is 1. The van der Waals surface area contributed by atoms with Gasteiger partial charge in [0.05, 0.1) is 47.4 Å². The number of fused-ring (bicyclic) bond motifs is 1. The van der Waals surface area contributed by atoms with Gasteiger partial charge in [-0.05, 0) is 36.4 Å². The highest BCUT2D eigenvalue weighted by Gasteiger charge is 2.20. The molecule has 154 valence electrons. The standard InChI is InChI=1S/C23H19N5O3/c24-12-17-4-5-21-19(11-17)23(14-27(21)13-18-3-1-2-8-25-18)28(15-29)22-6-9-26-20(22)7-10-31-16-30/h1-6,8-9,11,14-16,26H,7,10,13H2. The Kier molecular flexibility index (Phi) is 5.76. The Morgan fingerprint density at radius 3 is 2.84 bits per heavy atom. The summed E-state index contributed by atoms with van der Waals surface area (Å²) in [5.41, 5.74) is 4.33. The third-order valence-electron chi connectivity index (χ3n) is 5.02. The molecule has 31 heavy (non-hydrogen) atoms. The van der Waals surface area contributed by atoms with Gasteiger partial charge in [-0.25, -0.2) is 0 Å². The molecule has 0 atom stereocenters. The monoisotopic (exact) mass is 413 g/mol. The molecule has 4 rings (SSSR count). The maximum Gasteiger partial charge on any atom is 0.293 e. The molecule has 0 aliphatic carbocycles. The van der Waals surface area contributed by atoms with Crippen LogP contribution in [0, 0.1) is 11.3 Å². The van der Waals surface area contributed by atoms with E-state index in [9.17, 15) is 14.9 Å². The van der Waals surface area contributed by atoms with Crippen molar-refractivity contribution in [1.29, 1.82) is 5.26 Å². The van der Waals surface area contributed by atoms with Crippen LogP contribution in [0.1, 0.15) is 17.0 Å². The van der Waals surface area contributed by atoms with Gasteiger partial charge in [-0.3, -0.25) is 19.5 Å². The number of H-pyrrole nitrogens is 1. The summed E-state index contributed by atoms with van der Waals surface area (Å²) >= 11 is 0. The van der Waals surface area contributed by atoms with Crippen LogP contribution >= 0.6 is 0 Å². The summed E-state index contributed by atoms with van der Waals surface area (Å²) in [7, 11) is 0. The molecule has 0 aliphatic heterocycles. The summed E-state index contributed by atoms with van der Waals surface area (Å²) in [6.07, 6.45) is 6.53. The van der Waals surface area contributed by atoms with Gasteiger partial charge >= 0.3 is 0 Å². The Bertz CT molecular complexity index is 1250. The molecule has 3 aromatic heterocycles. The number of carbonyl (C=O) groups is 2. The number of carbonyl (C=O) groups excluding carboxylic acids is 2. The molecule has 1 N–H and O–H groups in total. The largest absolute Gasteiger partial charge is 0.467 e. The number of benzene rings is 1. The van der Waals surface area contributed by atoms with Crippen LogP contribution in [-0.2, 0) is 27.3 Å². The molecule has 0 radical (unpaired) electrons.